The number of ether oxygens (including phenoxy) is 1. The zero-order valence-corrected chi connectivity index (χ0v) is 11.9. The van der Waals surface area contributed by atoms with E-state index in [2.05, 4.69) is 12.2 Å². The quantitative estimate of drug-likeness (QED) is 0.776. The molecule has 3 unspecified atom stereocenters. The monoisotopic (exact) mass is 251 g/mol. The van der Waals surface area contributed by atoms with Gasteiger partial charge in [-0.2, -0.15) is 0 Å². The van der Waals surface area contributed by atoms with Gasteiger partial charge >= 0.3 is 0 Å². The van der Waals surface area contributed by atoms with Crippen molar-refractivity contribution >= 4 is 10.2 Å². The van der Waals surface area contributed by atoms with E-state index in [1.54, 1.807) is 0 Å². The number of aliphatic hydroxyl groups is 1. The molecule has 3 atom stereocenters. The van der Waals surface area contributed by atoms with Gasteiger partial charge in [0.2, 0.25) is 0 Å². The molecular formula is C14H23O2Si+. The molecule has 1 fully saturated rings. The molecule has 2 rings (SSSR count). The maximum Gasteiger partial charge on any atom is 0.283 e. The van der Waals surface area contributed by atoms with Gasteiger partial charge in [0.25, 0.3) is 10.2 Å². The number of hydrogen-bond acceptors (Lipinski definition) is 2. The third kappa shape index (κ3) is 3.46. The van der Waals surface area contributed by atoms with Gasteiger partial charge in [0, 0.05) is 0 Å². The number of allylic oxidation sites excluding steroid dienone is 3. The molecule has 0 heterocycles. The first-order chi connectivity index (χ1) is 8.31. The van der Waals surface area contributed by atoms with Gasteiger partial charge in [-0.3, -0.25) is 0 Å². The second kappa shape index (κ2) is 6.41. The normalized spacial score (nSPS) is 33.2. The molecule has 0 bridgehead atoms. The van der Waals surface area contributed by atoms with E-state index in [-0.39, 0.29) is 12.2 Å². The molecule has 0 radical (unpaired) electrons. The van der Waals surface area contributed by atoms with Crippen LogP contribution in [0.2, 0.25) is 6.04 Å². The van der Waals surface area contributed by atoms with Crippen LogP contribution in [0.5, 0.6) is 0 Å². The standard InChI is InChI=1S/C14H23O2Si/c15-14-11(9-10-17)5-4-8-13(14)16-12-6-2-1-3-7-12/h2,6-7,11,13-15H,1,3-5,8-10,17H2/q+1. The fourth-order valence-electron chi connectivity index (χ4n) is 2.78. The number of rotatable bonds is 4. The molecule has 0 amide bonds. The zero-order chi connectivity index (χ0) is 12.1. The van der Waals surface area contributed by atoms with Crippen molar-refractivity contribution in [2.45, 2.75) is 56.8 Å². The molecular weight excluding hydrogens is 228 g/mol. The molecule has 0 saturated heterocycles. The van der Waals surface area contributed by atoms with Crippen LogP contribution >= 0.6 is 0 Å². The summed E-state index contributed by atoms with van der Waals surface area (Å²) < 4.78 is 5.95. The highest BCUT2D eigenvalue weighted by atomic mass is 28.1. The number of aliphatic hydroxyl groups excluding tert-OH is 1. The Morgan fingerprint density at radius 3 is 2.94 bits per heavy atom. The lowest BCUT2D eigenvalue weighted by atomic mass is 9.83. The molecule has 0 spiro atoms. The minimum atomic E-state index is -0.273. The van der Waals surface area contributed by atoms with Crippen LogP contribution in [0.3, 0.4) is 0 Å². The van der Waals surface area contributed by atoms with E-state index in [0.29, 0.717) is 5.92 Å². The average Bonchev–Trinajstić information content (AvgIpc) is 2.36. The summed E-state index contributed by atoms with van der Waals surface area (Å²) in [6.45, 7) is 0. The van der Waals surface area contributed by atoms with E-state index in [1.165, 1.54) is 12.5 Å². The minimum Gasteiger partial charge on any atom is -0.488 e. The molecule has 1 N–H and O–H groups in total. The summed E-state index contributed by atoms with van der Waals surface area (Å²) in [4.78, 5) is 0. The fourth-order valence-corrected chi connectivity index (χ4v) is 3.31. The van der Waals surface area contributed by atoms with Crippen molar-refractivity contribution in [3.63, 3.8) is 0 Å². The summed E-state index contributed by atoms with van der Waals surface area (Å²) in [6, 6.07) is 1.18. The SMILES string of the molecule is OC1C(CC[SiH2+])CCCC1OC1=CCCC=C1. The molecule has 1 saturated carbocycles. The maximum absolute atomic E-state index is 10.3. The first kappa shape index (κ1) is 12.9. The van der Waals surface area contributed by atoms with Gasteiger partial charge in [0.05, 0.1) is 12.1 Å². The van der Waals surface area contributed by atoms with Gasteiger partial charge < -0.3 is 9.84 Å². The van der Waals surface area contributed by atoms with Crippen LogP contribution in [0.1, 0.15) is 38.5 Å². The van der Waals surface area contributed by atoms with Crippen molar-refractivity contribution in [2.75, 3.05) is 0 Å². The van der Waals surface area contributed by atoms with Crippen LogP contribution in [-0.4, -0.2) is 27.6 Å². The summed E-state index contributed by atoms with van der Waals surface area (Å²) in [5.41, 5.74) is 0. The molecule has 94 valence electrons. The van der Waals surface area contributed by atoms with Crippen molar-refractivity contribution in [1.82, 2.24) is 0 Å². The Kier molecular flexibility index (Phi) is 4.86. The van der Waals surface area contributed by atoms with Gasteiger partial charge in [-0.05, 0) is 56.6 Å². The van der Waals surface area contributed by atoms with E-state index >= 15 is 0 Å². The highest BCUT2D eigenvalue weighted by Gasteiger charge is 2.33. The van der Waals surface area contributed by atoms with E-state index in [9.17, 15) is 5.11 Å². The van der Waals surface area contributed by atoms with Crippen molar-refractivity contribution in [3.8, 4) is 0 Å². The summed E-state index contributed by atoms with van der Waals surface area (Å²) in [7, 11) is 2.00. The molecule has 0 aliphatic heterocycles. The smallest absolute Gasteiger partial charge is 0.283 e. The van der Waals surface area contributed by atoms with Crippen molar-refractivity contribution < 1.29 is 9.84 Å². The van der Waals surface area contributed by atoms with Crippen LogP contribution < -0.4 is 0 Å². The molecule has 0 aromatic heterocycles. The Morgan fingerprint density at radius 1 is 1.35 bits per heavy atom. The van der Waals surface area contributed by atoms with Gasteiger partial charge in [-0.1, -0.05) is 6.08 Å². The van der Waals surface area contributed by atoms with Crippen molar-refractivity contribution in [1.29, 1.82) is 0 Å². The number of hydrogen-bond donors (Lipinski definition) is 1. The second-order valence-corrected chi connectivity index (χ2v) is 5.77. The Morgan fingerprint density at radius 2 is 2.24 bits per heavy atom. The average molecular weight is 251 g/mol. The Hall–Kier alpha value is -0.543. The molecule has 17 heavy (non-hydrogen) atoms. The van der Waals surface area contributed by atoms with E-state index in [1.807, 2.05) is 16.3 Å². The topological polar surface area (TPSA) is 29.5 Å². The summed E-state index contributed by atoms with van der Waals surface area (Å²) in [5, 5.41) is 10.3. The van der Waals surface area contributed by atoms with Crippen LogP contribution in [-0.2, 0) is 4.74 Å². The summed E-state index contributed by atoms with van der Waals surface area (Å²) in [6.07, 6.45) is 12.7. The summed E-state index contributed by atoms with van der Waals surface area (Å²) >= 11 is 0. The Balaban J connectivity index is 1.91. The lowest BCUT2D eigenvalue weighted by molar-refractivity contribution is -0.0585. The highest BCUT2D eigenvalue weighted by molar-refractivity contribution is 6.08. The van der Waals surface area contributed by atoms with Gasteiger partial charge in [0.1, 0.15) is 11.9 Å². The fraction of sp³-hybridized carbons (Fsp3) is 0.714. The van der Waals surface area contributed by atoms with E-state index in [0.717, 1.165) is 37.9 Å². The molecule has 0 aromatic carbocycles. The van der Waals surface area contributed by atoms with Gasteiger partial charge in [-0.15, -0.1) is 0 Å². The van der Waals surface area contributed by atoms with E-state index in [4.69, 9.17) is 4.74 Å². The lowest BCUT2D eigenvalue weighted by Crippen LogP contribution is -2.39. The molecule has 2 aliphatic rings. The highest BCUT2D eigenvalue weighted by Crippen LogP contribution is 2.31. The predicted molar refractivity (Wildman–Crippen MR) is 72.6 cm³/mol. The van der Waals surface area contributed by atoms with Crippen LogP contribution in [0, 0.1) is 5.92 Å². The Bertz CT molecular complexity index is 297. The van der Waals surface area contributed by atoms with Crippen LogP contribution in [0.15, 0.2) is 24.0 Å². The summed E-state index contributed by atoms with van der Waals surface area (Å²) in [5.74, 6) is 1.40. The first-order valence-electron chi connectivity index (χ1n) is 6.82. The lowest BCUT2D eigenvalue weighted by Gasteiger charge is -2.34. The first-order valence-corrected chi connectivity index (χ1v) is 7.82. The molecule has 2 aliphatic carbocycles. The van der Waals surface area contributed by atoms with Gasteiger partial charge in [0.15, 0.2) is 0 Å². The minimum absolute atomic E-state index is 0.0117. The van der Waals surface area contributed by atoms with Crippen LogP contribution in [0.4, 0.5) is 0 Å². The molecule has 2 nitrogen and oxygen atoms in total. The maximum atomic E-state index is 10.3. The molecule has 0 aromatic rings. The third-order valence-electron chi connectivity index (χ3n) is 3.75. The van der Waals surface area contributed by atoms with Crippen molar-refractivity contribution in [2.24, 2.45) is 5.92 Å². The third-order valence-corrected chi connectivity index (χ3v) is 4.16. The van der Waals surface area contributed by atoms with Gasteiger partial charge in [-0.25, -0.2) is 0 Å². The van der Waals surface area contributed by atoms with Crippen molar-refractivity contribution in [3.05, 3.63) is 24.0 Å². The Labute approximate surface area is 107 Å². The second-order valence-electron chi connectivity index (χ2n) is 5.07. The largest absolute Gasteiger partial charge is 0.488 e. The van der Waals surface area contributed by atoms with E-state index < -0.39 is 0 Å². The van der Waals surface area contributed by atoms with Crippen LogP contribution in [0.25, 0.3) is 0 Å². The zero-order valence-electron chi connectivity index (χ0n) is 10.5. The molecule has 3 heteroatoms. The predicted octanol–water partition coefficient (Wildman–Crippen LogP) is 2.21.